The van der Waals surface area contributed by atoms with Crippen LogP contribution in [0.4, 0.5) is 0 Å². The summed E-state index contributed by atoms with van der Waals surface area (Å²) >= 11 is 0. The van der Waals surface area contributed by atoms with Crippen molar-refractivity contribution < 1.29 is 23.5 Å². The normalized spacial score (nSPS) is 32.3. The van der Waals surface area contributed by atoms with Gasteiger partial charge < -0.3 is 23.7 Å². The summed E-state index contributed by atoms with van der Waals surface area (Å²) in [4.78, 5) is 32.7. The fourth-order valence-electron chi connectivity index (χ4n) is 5.90. The summed E-state index contributed by atoms with van der Waals surface area (Å²) in [7, 11) is 1.83. The van der Waals surface area contributed by atoms with Crippen LogP contribution < -0.4 is 0 Å². The minimum absolute atomic E-state index is 0.0371. The van der Waals surface area contributed by atoms with E-state index in [1.54, 1.807) is 17.4 Å². The first-order valence-electron chi connectivity index (χ1n) is 11.1. The van der Waals surface area contributed by atoms with Crippen molar-refractivity contribution >= 4 is 11.8 Å². The van der Waals surface area contributed by atoms with Crippen molar-refractivity contribution in [2.75, 3.05) is 39.9 Å². The van der Waals surface area contributed by atoms with E-state index in [9.17, 15) is 9.59 Å². The minimum Gasteiger partial charge on any atom is -0.472 e. The highest BCUT2D eigenvalue weighted by molar-refractivity contribution is 5.89. The van der Waals surface area contributed by atoms with Gasteiger partial charge in [-0.1, -0.05) is 0 Å². The smallest absolute Gasteiger partial charge is 0.245 e. The average molecular weight is 418 g/mol. The van der Waals surface area contributed by atoms with Gasteiger partial charge >= 0.3 is 0 Å². The number of fused-ring (bicyclic) bond motifs is 4. The molecule has 0 aliphatic carbocycles. The number of likely N-dealkylation sites (tertiary alicyclic amines) is 1. The van der Waals surface area contributed by atoms with Gasteiger partial charge in [0.2, 0.25) is 11.8 Å². The van der Waals surface area contributed by atoms with Crippen molar-refractivity contribution in [3.8, 4) is 0 Å². The highest BCUT2D eigenvalue weighted by Crippen LogP contribution is 2.42. The molecular formula is C22H31N3O5. The molecule has 2 bridgehead atoms. The topological polar surface area (TPSA) is 75.5 Å². The molecular weight excluding hydrogens is 386 g/mol. The molecule has 0 N–H and O–H groups in total. The number of ether oxygens (including phenoxy) is 2. The molecule has 0 spiro atoms. The molecule has 4 saturated heterocycles. The van der Waals surface area contributed by atoms with Gasteiger partial charge in [0.25, 0.3) is 0 Å². The van der Waals surface area contributed by atoms with Crippen LogP contribution in [0.3, 0.4) is 0 Å². The van der Waals surface area contributed by atoms with Crippen molar-refractivity contribution in [2.24, 2.45) is 11.8 Å². The summed E-state index contributed by atoms with van der Waals surface area (Å²) in [5, 5.41) is 0. The molecule has 30 heavy (non-hydrogen) atoms. The van der Waals surface area contributed by atoms with E-state index < -0.39 is 0 Å². The molecule has 4 aliphatic rings. The molecule has 2 amide bonds. The Balaban J connectivity index is 1.37. The number of carbonyl (C=O) groups excluding carboxylic acids is 2. The molecule has 4 fully saturated rings. The lowest BCUT2D eigenvalue weighted by Crippen LogP contribution is -2.68. The van der Waals surface area contributed by atoms with E-state index >= 15 is 0 Å². The monoisotopic (exact) mass is 417 g/mol. The van der Waals surface area contributed by atoms with Crippen LogP contribution in [-0.4, -0.2) is 84.8 Å². The van der Waals surface area contributed by atoms with E-state index in [4.69, 9.17) is 13.9 Å². The van der Waals surface area contributed by atoms with Crippen LogP contribution in [0.25, 0.3) is 0 Å². The number of likely N-dealkylation sites (N-methyl/N-ethyl adjacent to an activating group) is 1. The SMILES string of the molecule is CN(Cc1ccoc1)C(=O)[C@H]1[C@@H]2C[C@@H](CN(CC3OCCO3)C2)[C@@H]2CCCC(=O)N21. The van der Waals surface area contributed by atoms with E-state index in [0.29, 0.717) is 32.1 Å². The molecule has 5 heterocycles. The second-order valence-electron chi connectivity index (χ2n) is 9.18. The molecule has 4 aliphatic heterocycles. The fourth-order valence-corrected chi connectivity index (χ4v) is 5.90. The van der Waals surface area contributed by atoms with Crippen LogP contribution >= 0.6 is 0 Å². The number of hydrogen-bond donors (Lipinski definition) is 0. The van der Waals surface area contributed by atoms with E-state index in [1.807, 2.05) is 18.0 Å². The highest BCUT2D eigenvalue weighted by Gasteiger charge is 2.52. The maximum Gasteiger partial charge on any atom is 0.245 e. The van der Waals surface area contributed by atoms with Crippen molar-refractivity contribution in [3.63, 3.8) is 0 Å². The van der Waals surface area contributed by atoms with E-state index in [1.165, 1.54) is 0 Å². The first-order chi connectivity index (χ1) is 14.6. The Morgan fingerprint density at radius 2 is 2.03 bits per heavy atom. The summed E-state index contributed by atoms with van der Waals surface area (Å²) in [5.41, 5.74) is 0.960. The summed E-state index contributed by atoms with van der Waals surface area (Å²) in [5.74, 6) is 0.738. The van der Waals surface area contributed by atoms with Gasteiger partial charge in [0.1, 0.15) is 6.04 Å². The Hall–Kier alpha value is -1.90. The molecule has 1 aromatic heterocycles. The zero-order chi connectivity index (χ0) is 20.7. The quantitative estimate of drug-likeness (QED) is 0.719. The number of furan rings is 1. The van der Waals surface area contributed by atoms with E-state index in [2.05, 4.69) is 4.90 Å². The molecule has 164 valence electrons. The summed E-state index contributed by atoms with van der Waals surface area (Å²) < 4.78 is 16.5. The predicted molar refractivity (Wildman–Crippen MR) is 107 cm³/mol. The second-order valence-corrected chi connectivity index (χ2v) is 9.18. The zero-order valence-corrected chi connectivity index (χ0v) is 17.6. The van der Waals surface area contributed by atoms with Crippen molar-refractivity contribution in [2.45, 2.75) is 50.6 Å². The van der Waals surface area contributed by atoms with E-state index in [-0.39, 0.29) is 36.1 Å². The molecule has 0 unspecified atom stereocenters. The van der Waals surface area contributed by atoms with Gasteiger partial charge in [0, 0.05) is 57.2 Å². The molecule has 0 saturated carbocycles. The van der Waals surface area contributed by atoms with Crippen LogP contribution in [0.5, 0.6) is 0 Å². The van der Waals surface area contributed by atoms with Gasteiger partial charge in [-0.2, -0.15) is 0 Å². The Morgan fingerprint density at radius 3 is 2.80 bits per heavy atom. The average Bonchev–Trinajstić information content (AvgIpc) is 3.43. The number of piperidine rings is 3. The van der Waals surface area contributed by atoms with Crippen LogP contribution in [-0.2, 0) is 25.6 Å². The first-order valence-corrected chi connectivity index (χ1v) is 11.1. The lowest BCUT2D eigenvalue weighted by atomic mass is 9.71. The molecule has 8 nitrogen and oxygen atoms in total. The van der Waals surface area contributed by atoms with Crippen LogP contribution in [0.1, 0.15) is 31.2 Å². The third-order valence-electron chi connectivity index (χ3n) is 7.14. The first kappa shape index (κ1) is 20.0. The maximum atomic E-state index is 13.6. The molecule has 5 rings (SSSR count). The number of hydrogen-bond acceptors (Lipinski definition) is 6. The van der Waals surface area contributed by atoms with Crippen LogP contribution in [0.15, 0.2) is 23.0 Å². The standard InChI is InChI=1S/C22H31N3O5/c1-23(10-15-5-6-28-14-15)22(27)21-17-9-16(18-3-2-4-19(26)25(18)21)11-24(12-17)13-20-29-7-8-30-20/h5-6,14,16-18,20-21H,2-4,7-13H2,1H3/t16-,17+,18-,21+/m0/s1. The number of nitrogens with zero attached hydrogens (tertiary/aromatic N) is 3. The Kier molecular flexibility index (Phi) is 5.56. The minimum atomic E-state index is -0.385. The second kappa shape index (κ2) is 8.32. The lowest BCUT2D eigenvalue weighted by molar-refractivity contribution is -0.166. The Labute approximate surface area is 177 Å². The van der Waals surface area contributed by atoms with Gasteiger partial charge in [-0.25, -0.2) is 0 Å². The maximum absolute atomic E-state index is 13.6. The van der Waals surface area contributed by atoms with Gasteiger partial charge in [-0.3, -0.25) is 14.5 Å². The van der Waals surface area contributed by atoms with E-state index in [0.717, 1.165) is 44.5 Å². The Bertz CT molecular complexity index is 763. The summed E-state index contributed by atoms with van der Waals surface area (Å²) in [6.45, 7) is 4.26. The Morgan fingerprint density at radius 1 is 1.23 bits per heavy atom. The van der Waals surface area contributed by atoms with Gasteiger partial charge in [0.15, 0.2) is 6.29 Å². The van der Waals surface area contributed by atoms with Crippen molar-refractivity contribution in [1.29, 1.82) is 0 Å². The molecule has 8 heteroatoms. The molecule has 0 aromatic carbocycles. The van der Waals surface area contributed by atoms with Gasteiger partial charge in [-0.15, -0.1) is 0 Å². The van der Waals surface area contributed by atoms with Crippen molar-refractivity contribution in [3.05, 3.63) is 24.2 Å². The lowest BCUT2D eigenvalue weighted by Gasteiger charge is -2.56. The number of rotatable bonds is 5. The fraction of sp³-hybridized carbons (Fsp3) is 0.727. The summed E-state index contributed by atoms with van der Waals surface area (Å²) in [6.07, 6.45) is 6.58. The molecule has 1 aromatic rings. The summed E-state index contributed by atoms with van der Waals surface area (Å²) in [6, 6.07) is 1.65. The van der Waals surface area contributed by atoms with Gasteiger partial charge in [0.05, 0.1) is 25.7 Å². The highest BCUT2D eigenvalue weighted by atomic mass is 16.7. The number of amides is 2. The third kappa shape index (κ3) is 3.76. The van der Waals surface area contributed by atoms with Crippen LogP contribution in [0, 0.1) is 11.8 Å². The van der Waals surface area contributed by atoms with Crippen LogP contribution in [0.2, 0.25) is 0 Å². The zero-order valence-electron chi connectivity index (χ0n) is 17.6. The van der Waals surface area contributed by atoms with Crippen molar-refractivity contribution in [1.82, 2.24) is 14.7 Å². The molecule has 4 atom stereocenters. The number of carbonyl (C=O) groups is 2. The largest absolute Gasteiger partial charge is 0.472 e. The van der Waals surface area contributed by atoms with Gasteiger partial charge in [-0.05, 0) is 31.2 Å². The predicted octanol–water partition coefficient (Wildman–Crippen LogP) is 1.31. The molecule has 0 radical (unpaired) electrons. The third-order valence-corrected chi connectivity index (χ3v) is 7.14.